The number of benzene rings is 1. The number of nitro benzene ring substituents is 1. The number of aliphatic imine (C=N–C) groups is 1. The molecule has 1 N–H and O–H groups in total. The van der Waals surface area contributed by atoms with E-state index in [2.05, 4.69) is 4.99 Å². The van der Waals surface area contributed by atoms with Crippen molar-refractivity contribution >= 4 is 23.3 Å². The van der Waals surface area contributed by atoms with Crippen molar-refractivity contribution in [3.63, 3.8) is 0 Å². The third-order valence-electron chi connectivity index (χ3n) is 4.22. The van der Waals surface area contributed by atoms with Gasteiger partial charge in [-0.25, -0.2) is 4.79 Å². The molecule has 1 aromatic rings. The van der Waals surface area contributed by atoms with Gasteiger partial charge in [0.25, 0.3) is 5.69 Å². The lowest BCUT2D eigenvalue weighted by Gasteiger charge is -2.30. The number of hydrogen-bond donors (Lipinski definition) is 1. The van der Waals surface area contributed by atoms with Gasteiger partial charge in [-0.15, -0.1) is 0 Å². The highest BCUT2D eigenvalue weighted by Gasteiger charge is 2.41. The molecule has 1 heterocycles. The molecule has 140 valence electrons. The fourth-order valence-electron chi connectivity index (χ4n) is 3.05. The maximum absolute atomic E-state index is 12.6. The summed E-state index contributed by atoms with van der Waals surface area (Å²) in [5.74, 6) is -3.95. The predicted molar refractivity (Wildman–Crippen MR) is 94.0 cm³/mol. The van der Waals surface area contributed by atoms with E-state index >= 15 is 0 Å². The molecule has 0 spiro atoms. The Bertz CT molecular complexity index is 879. The van der Waals surface area contributed by atoms with E-state index in [0.29, 0.717) is 17.0 Å². The van der Waals surface area contributed by atoms with Crippen molar-refractivity contribution in [3.05, 3.63) is 51.2 Å². The van der Waals surface area contributed by atoms with Gasteiger partial charge >= 0.3 is 11.9 Å². The van der Waals surface area contributed by atoms with E-state index in [0.717, 1.165) is 0 Å². The highest BCUT2D eigenvalue weighted by molar-refractivity contribution is 6.06. The number of rotatable bonds is 6. The van der Waals surface area contributed by atoms with Gasteiger partial charge in [-0.1, -0.05) is 12.1 Å². The molecular weight excluding hydrogens is 354 g/mol. The number of carbonyl (C=O) groups is 2. The Hall–Kier alpha value is -3.54. The lowest BCUT2D eigenvalue weighted by molar-refractivity contribution is -0.384. The minimum atomic E-state index is -1.17. The summed E-state index contributed by atoms with van der Waals surface area (Å²) < 4.78 is 5.08. The molecule has 0 saturated carbocycles. The summed E-state index contributed by atoms with van der Waals surface area (Å²) in [6.45, 7) is 3.00. The highest BCUT2D eigenvalue weighted by Crippen LogP contribution is 2.40. The molecule has 1 aliphatic heterocycles. The lowest BCUT2D eigenvalue weighted by Crippen LogP contribution is -2.35. The standard InChI is InChI=1S/C18H17N3O6/c1-10-14(17(22)23)16(12-4-6-13(7-5-12)21(25)26)15(11(2)20-10)18(24)27-9-3-8-19/h4-7,14,16H,3,9H2,1-2H3,(H,22,23). The second-order valence-corrected chi connectivity index (χ2v) is 5.94. The molecule has 0 amide bonds. The van der Waals surface area contributed by atoms with E-state index in [1.165, 1.54) is 24.3 Å². The first-order valence-electron chi connectivity index (χ1n) is 8.05. The average molecular weight is 371 g/mol. The van der Waals surface area contributed by atoms with Crippen LogP contribution in [-0.2, 0) is 14.3 Å². The van der Waals surface area contributed by atoms with Crippen LogP contribution < -0.4 is 0 Å². The SMILES string of the molecule is CC1=NC(C)=C(C(=O)OCCC#N)C(c2ccc([N+](=O)[O-])cc2)C1C(=O)O. The Balaban J connectivity index is 2.53. The van der Waals surface area contributed by atoms with Gasteiger partial charge < -0.3 is 9.84 Å². The van der Waals surface area contributed by atoms with Crippen LogP contribution in [0.2, 0.25) is 0 Å². The van der Waals surface area contributed by atoms with Crippen LogP contribution in [0.15, 0.2) is 40.5 Å². The van der Waals surface area contributed by atoms with Gasteiger partial charge in [0, 0.05) is 29.5 Å². The average Bonchev–Trinajstić information content (AvgIpc) is 2.60. The van der Waals surface area contributed by atoms with Crippen molar-refractivity contribution in [1.29, 1.82) is 5.26 Å². The van der Waals surface area contributed by atoms with Crippen molar-refractivity contribution in [2.24, 2.45) is 10.9 Å². The van der Waals surface area contributed by atoms with Gasteiger partial charge in [0.15, 0.2) is 0 Å². The number of nitriles is 1. The number of non-ortho nitro benzene ring substituents is 1. The largest absolute Gasteiger partial charge is 0.481 e. The van der Waals surface area contributed by atoms with Gasteiger partial charge in [-0.3, -0.25) is 19.9 Å². The van der Waals surface area contributed by atoms with E-state index in [1.54, 1.807) is 13.8 Å². The van der Waals surface area contributed by atoms with Gasteiger partial charge in [0.1, 0.15) is 12.5 Å². The number of carboxylic acids is 1. The third kappa shape index (κ3) is 4.17. The number of allylic oxidation sites excluding steroid dienone is 1. The van der Waals surface area contributed by atoms with Crippen LogP contribution >= 0.6 is 0 Å². The summed E-state index contributed by atoms with van der Waals surface area (Å²) in [4.78, 5) is 38.9. The molecule has 0 aliphatic carbocycles. The minimum absolute atomic E-state index is 0.00488. The molecule has 0 bridgehead atoms. The minimum Gasteiger partial charge on any atom is -0.481 e. The fourth-order valence-corrected chi connectivity index (χ4v) is 3.05. The number of esters is 1. The monoisotopic (exact) mass is 371 g/mol. The molecule has 2 atom stereocenters. The van der Waals surface area contributed by atoms with Crippen LogP contribution in [0.5, 0.6) is 0 Å². The Morgan fingerprint density at radius 1 is 1.33 bits per heavy atom. The van der Waals surface area contributed by atoms with Crippen LogP contribution in [0, 0.1) is 27.4 Å². The molecule has 1 aliphatic rings. The maximum Gasteiger partial charge on any atom is 0.336 e. The molecular formula is C18H17N3O6. The highest BCUT2D eigenvalue weighted by atomic mass is 16.6. The molecule has 2 unspecified atom stereocenters. The first-order chi connectivity index (χ1) is 12.8. The van der Waals surface area contributed by atoms with Crippen LogP contribution in [0.4, 0.5) is 5.69 Å². The Morgan fingerprint density at radius 3 is 2.48 bits per heavy atom. The third-order valence-corrected chi connectivity index (χ3v) is 4.22. The second kappa shape index (κ2) is 8.23. The number of carboxylic acid groups (broad SMARTS) is 1. The van der Waals surface area contributed by atoms with Gasteiger partial charge in [-0.05, 0) is 19.4 Å². The maximum atomic E-state index is 12.6. The number of hydrogen-bond acceptors (Lipinski definition) is 7. The van der Waals surface area contributed by atoms with E-state index in [9.17, 15) is 24.8 Å². The van der Waals surface area contributed by atoms with E-state index in [4.69, 9.17) is 10.00 Å². The van der Waals surface area contributed by atoms with E-state index in [1.807, 2.05) is 6.07 Å². The lowest BCUT2D eigenvalue weighted by atomic mass is 9.75. The fraction of sp³-hybridized carbons (Fsp3) is 0.333. The zero-order valence-electron chi connectivity index (χ0n) is 14.7. The predicted octanol–water partition coefficient (Wildman–Crippen LogP) is 2.58. The molecule has 2 rings (SSSR count). The van der Waals surface area contributed by atoms with Crippen LogP contribution in [0.25, 0.3) is 0 Å². The van der Waals surface area contributed by atoms with Crippen molar-refractivity contribution in [3.8, 4) is 6.07 Å². The second-order valence-electron chi connectivity index (χ2n) is 5.94. The van der Waals surface area contributed by atoms with Gasteiger partial charge in [0.05, 0.1) is 23.0 Å². The number of ether oxygens (including phenoxy) is 1. The topological polar surface area (TPSA) is 143 Å². The van der Waals surface area contributed by atoms with Crippen LogP contribution in [0.1, 0.15) is 31.7 Å². The number of nitrogens with zero attached hydrogens (tertiary/aromatic N) is 3. The van der Waals surface area contributed by atoms with E-state index in [-0.39, 0.29) is 24.3 Å². The van der Waals surface area contributed by atoms with Gasteiger partial charge in [0.2, 0.25) is 0 Å². The van der Waals surface area contributed by atoms with Gasteiger partial charge in [-0.2, -0.15) is 5.26 Å². The summed E-state index contributed by atoms with van der Waals surface area (Å²) in [7, 11) is 0. The molecule has 0 aromatic heterocycles. The summed E-state index contributed by atoms with van der Waals surface area (Å²) in [5.41, 5.74) is 0.978. The first-order valence-corrected chi connectivity index (χ1v) is 8.05. The number of nitro groups is 1. The summed E-state index contributed by atoms with van der Waals surface area (Å²) in [5, 5.41) is 29.1. The normalized spacial score (nSPS) is 19.1. The molecule has 0 saturated heterocycles. The summed E-state index contributed by atoms with van der Waals surface area (Å²) in [6, 6.07) is 7.21. The van der Waals surface area contributed by atoms with Crippen LogP contribution in [0.3, 0.4) is 0 Å². The van der Waals surface area contributed by atoms with Crippen molar-refractivity contribution in [2.45, 2.75) is 26.2 Å². The molecule has 9 heteroatoms. The van der Waals surface area contributed by atoms with Crippen LogP contribution in [-0.4, -0.2) is 34.3 Å². The zero-order valence-corrected chi connectivity index (χ0v) is 14.7. The molecule has 1 aromatic carbocycles. The summed E-state index contributed by atoms with van der Waals surface area (Å²) >= 11 is 0. The first kappa shape index (κ1) is 19.8. The smallest absolute Gasteiger partial charge is 0.336 e. The van der Waals surface area contributed by atoms with Crippen molar-refractivity contribution < 1.29 is 24.4 Å². The van der Waals surface area contributed by atoms with Crippen molar-refractivity contribution in [1.82, 2.24) is 0 Å². The Morgan fingerprint density at radius 2 is 1.96 bits per heavy atom. The number of aliphatic carboxylic acids is 1. The molecule has 0 radical (unpaired) electrons. The number of carbonyl (C=O) groups excluding carboxylic acids is 1. The summed E-state index contributed by atoms with van der Waals surface area (Å²) in [6.07, 6.45) is 0.00488. The Kier molecular flexibility index (Phi) is 6.03. The molecule has 9 nitrogen and oxygen atoms in total. The quantitative estimate of drug-likeness (QED) is 0.350. The zero-order chi connectivity index (χ0) is 20.1. The molecule has 0 fully saturated rings. The molecule has 27 heavy (non-hydrogen) atoms. The van der Waals surface area contributed by atoms with E-state index < -0.39 is 28.7 Å². The van der Waals surface area contributed by atoms with Crippen molar-refractivity contribution in [2.75, 3.05) is 6.61 Å². The Labute approximate surface area is 154 Å².